The van der Waals surface area contributed by atoms with Gasteiger partial charge < -0.3 is 15.7 Å². The zero-order chi connectivity index (χ0) is 9.14. The van der Waals surface area contributed by atoms with E-state index in [1.54, 1.807) is 0 Å². The van der Waals surface area contributed by atoms with E-state index < -0.39 is 18.0 Å². The predicted octanol–water partition coefficient (Wildman–Crippen LogP) is -0.0789. The van der Waals surface area contributed by atoms with Crippen molar-refractivity contribution in [1.82, 2.24) is 10.6 Å². The molecule has 0 aromatic rings. The van der Waals surface area contributed by atoms with E-state index in [0.29, 0.717) is 0 Å². The van der Waals surface area contributed by atoms with Crippen molar-refractivity contribution in [2.75, 3.05) is 0 Å². The van der Waals surface area contributed by atoms with Crippen LogP contribution in [0.2, 0.25) is 0 Å². The molecule has 0 aromatic heterocycles. The van der Waals surface area contributed by atoms with E-state index in [9.17, 15) is 9.59 Å². The smallest absolute Gasteiger partial charge is 0.325 e. The van der Waals surface area contributed by atoms with Crippen molar-refractivity contribution >= 4 is 12.0 Å². The summed E-state index contributed by atoms with van der Waals surface area (Å²) in [4.78, 5) is 21.2. The quantitative estimate of drug-likeness (QED) is 0.557. The maximum atomic E-state index is 10.9. The van der Waals surface area contributed by atoms with Gasteiger partial charge >= 0.3 is 12.0 Å². The average Bonchev–Trinajstić information content (AvgIpc) is 2.71. The Balaban J connectivity index is 2.19. The number of carbonyl (C=O) groups is 2. The first-order chi connectivity index (χ1) is 5.59. The summed E-state index contributed by atoms with van der Waals surface area (Å²) in [5, 5.41) is 13.4. The highest BCUT2D eigenvalue weighted by Crippen LogP contribution is 2.18. The van der Waals surface area contributed by atoms with Crippen LogP contribution in [0.5, 0.6) is 0 Å². The van der Waals surface area contributed by atoms with Crippen molar-refractivity contribution in [3.8, 4) is 0 Å². The van der Waals surface area contributed by atoms with E-state index in [4.69, 9.17) is 5.11 Å². The largest absolute Gasteiger partial charge is 0.480 e. The van der Waals surface area contributed by atoms with Crippen LogP contribution in [0.4, 0.5) is 4.79 Å². The molecular weight excluding hydrogens is 160 g/mol. The van der Waals surface area contributed by atoms with Gasteiger partial charge in [-0.1, -0.05) is 0 Å². The Labute approximate surface area is 70.1 Å². The van der Waals surface area contributed by atoms with E-state index >= 15 is 0 Å². The lowest BCUT2D eigenvalue weighted by atomic mass is 10.3. The highest BCUT2D eigenvalue weighted by atomic mass is 16.4. The first kappa shape index (κ1) is 8.83. The van der Waals surface area contributed by atoms with Gasteiger partial charge in [-0.25, -0.2) is 4.79 Å². The summed E-state index contributed by atoms with van der Waals surface area (Å²) in [6.07, 6.45) is 1.99. The van der Waals surface area contributed by atoms with Crippen LogP contribution >= 0.6 is 0 Å². The van der Waals surface area contributed by atoms with Crippen molar-refractivity contribution in [2.45, 2.75) is 31.8 Å². The van der Waals surface area contributed by atoms with Crippen LogP contribution in [0.1, 0.15) is 19.8 Å². The lowest BCUT2D eigenvalue weighted by molar-refractivity contribution is -0.138. The average molecular weight is 172 g/mol. The minimum absolute atomic E-state index is 0.256. The van der Waals surface area contributed by atoms with Crippen molar-refractivity contribution in [3.05, 3.63) is 0 Å². The molecular formula is C7H12N2O3. The SMILES string of the molecule is CC(NC(=O)NC1CC1)C(=O)O. The lowest BCUT2D eigenvalue weighted by Gasteiger charge is -2.09. The van der Waals surface area contributed by atoms with E-state index in [1.807, 2.05) is 0 Å². The molecule has 68 valence electrons. The monoisotopic (exact) mass is 172 g/mol. The summed E-state index contributed by atoms with van der Waals surface area (Å²) in [6, 6.07) is -0.970. The van der Waals surface area contributed by atoms with E-state index in [2.05, 4.69) is 10.6 Å². The van der Waals surface area contributed by atoms with Crippen molar-refractivity contribution in [1.29, 1.82) is 0 Å². The minimum atomic E-state index is -1.03. The van der Waals surface area contributed by atoms with E-state index in [1.165, 1.54) is 6.92 Å². The van der Waals surface area contributed by atoms with Gasteiger partial charge in [0, 0.05) is 6.04 Å². The molecule has 1 rings (SSSR count). The molecule has 3 N–H and O–H groups in total. The number of amides is 2. The fourth-order valence-electron chi connectivity index (χ4n) is 0.713. The van der Waals surface area contributed by atoms with Gasteiger partial charge in [-0.05, 0) is 19.8 Å². The Morgan fingerprint density at radius 2 is 2.08 bits per heavy atom. The Kier molecular flexibility index (Phi) is 2.52. The summed E-state index contributed by atoms with van der Waals surface area (Å²) in [7, 11) is 0. The number of nitrogens with one attached hydrogen (secondary N) is 2. The molecule has 1 aliphatic rings. The van der Waals surface area contributed by atoms with Crippen LogP contribution in [0.3, 0.4) is 0 Å². The van der Waals surface area contributed by atoms with Gasteiger partial charge in [0.2, 0.25) is 0 Å². The Morgan fingerprint density at radius 1 is 1.50 bits per heavy atom. The maximum absolute atomic E-state index is 10.9. The molecule has 12 heavy (non-hydrogen) atoms. The number of hydrogen-bond acceptors (Lipinski definition) is 2. The summed E-state index contributed by atoms with van der Waals surface area (Å²) >= 11 is 0. The van der Waals surface area contributed by atoms with Crippen molar-refractivity contribution in [3.63, 3.8) is 0 Å². The van der Waals surface area contributed by atoms with Crippen LogP contribution in [0.15, 0.2) is 0 Å². The number of urea groups is 1. The van der Waals surface area contributed by atoms with E-state index in [0.717, 1.165) is 12.8 Å². The van der Waals surface area contributed by atoms with Gasteiger partial charge in [-0.3, -0.25) is 4.79 Å². The number of carboxylic acid groups (broad SMARTS) is 1. The lowest BCUT2D eigenvalue weighted by Crippen LogP contribution is -2.45. The summed E-state index contributed by atoms with van der Waals surface area (Å²) in [5.41, 5.74) is 0. The molecule has 0 aliphatic heterocycles. The Hall–Kier alpha value is -1.26. The molecule has 0 saturated heterocycles. The molecule has 1 saturated carbocycles. The summed E-state index contributed by atoms with van der Waals surface area (Å²) in [6.45, 7) is 1.43. The molecule has 0 aromatic carbocycles. The second-order valence-electron chi connectivity index (χ2n) is 2.95. The number of carboxylic acids is 1. The number of carbonyl (C=O) groups excluding carboxylic acids is 1. The molecule has 2 amide bonds. The first-order valence-electron chi connectivity index (χ1n) is 3.89. The zero-order valence-electron chi connectivity index (χ0n) is 6.83. The molecule has 1 atom stereocenters. The van der Waals surface area contributed by atoms with E-state index in [-0.39, 0.29) is 6.04 Å². The minimum Gasteiger partial charge on any atom is -0.480 e. The highest BCUT2D eigenvalue weighted by Gasteiger charge is 2.24. The van der Waals surface area contributed by atoms with Crippen LogP contribution in [0, 0.1) is 0 Å². The van der Waals surface area contributed by atoms with Gasteiger partial charge in [0.15, 0.2) is 0 Å². The maximum Gasteiger partial charge on any atom is 0.325 e. The normalized spacial score (nSPS) is 18.1. The fourth-order valence-corrected chi connectivity index (χ4v) is 0.713. The number of aliphatic carboxylic acids is 1. The Morgan fingerprint density at radius 3 is 2.50 bits per heavy atom. The van der Waals surface area contributed by atoms with Gasteiger partial charge in [0.1, 0.15) is 6.04 Å². The third kappa shape index (κ3) is 2.77. The third-order valence-corrected chi connectivity index (χ3v) is 1.63. The molecule has 0 heterocycles. The summed E-state index contributed by atoms with van der Waals surface area (Å²) in [5.74, 6) is -1.03. The number of rotatable bonds is 3. The molecule has 1 fully saturated rings. The van der Waals surface area contributed by atoms with Gasteiger partial charge in [-0.15, -0.1) is 0 Å². The predicted molar refractivity (Wildman–Crippen MR) is 41.8 cm³/mol. The molecule has 5 heteroatoms. The third-order valence-electron chi connectivity index (χ3n) is 1.63. The molecule has 0 bridgehead atoms. The fraction of sp³-hybridized carbons (Fsp3) is 0.714. The van der Waals surface area contributed by atoms with Crippen LogP contribution in [-0.2, 0) is 4.79 Å². The highest BCUT2D eigenvalue weighted by molar-refractivity contribution is 5.82. The molecule has 0 radical (unpaired) electrons. The van der Waals surface area contributed by atoms with Crippen LogP contribution in [0.25, 0.3) is 0 Å². The van der Waals surface area contributed by atoms with Crippen molar-refractivity contribution in [2.24, 2.45) is 0 Å². The molecule has 0 spiro atoms. The molecule has 1 unspecified atom stereocenters. The second-order valence-corrected chi connectivity index (χ2v) is 2.95. The standard InChI is InChI=1S/C7H12N2O3/c1-4(6(10)11)8-7(12)9-5-2-3-5/h4-5H,2-3H2,1H3,(H,10,11)(H2,8,9,12). The van der Waals surface area contributed by atoms with Crippen LogP contribution in [-0.4, -0.2) is 29.2 Å². The molecule has 5 nitrogen and oxygen atoms in total. The first-order valence-corrected chi connectivity index (χ1v) is 3.89. The zero-order valence-corrected chi connectivity index (χ0v) is 6.83. The molecule has 1 aliphatic carbocycles. The summed E-state index contributed by atoms with van der Waals surface area (Å²) < 4.78 is 0. The Bertz CT molecular complexity index is 201. The van der Waals surface area contributed by atoms with Gasteiger partial charge in [0.25, 0.3) is 0 Å². The van der Waals surface area contributed by atoms with Crippen LogP contribution < -0.4 is 10.6 Å². The van der Waals surface area contributed by atoms with Gasteiger partial charge in [-0.2, -0.15) is 0 Å². The second kappa shape index (κ2) is 3.42. The van der Waals surface area contributed by atoms with Gasteiger partial charge in [0.05, 0.1) is 0 Å². The van der Waals surface area contributed by atoms with Crippen molar-refractivity contribution < 1.29 is 14.7 Å². The topological polar surface area (TPSA) is 78.4 Å². The number of hydrogen-bond donors (Lipinski definition) is 3.